The van der Waals surface area contributed by atoms with Gasteiger partial charge in [0.1, 0.15) is 5.82 Å². The molecule has 0 amide bonds. The number of hydrogen-bond donors (Lipinski definition) is 1. The molecule has 1 aliphatic heterocycles. The summed E-state index contributed by atoms with van der Waals surface area (Å²) < 4.78 is 19.8. The molecule has 5 nitrogen and oxygen atoms in total. The molecule has 2 heterocycles. The van der Waals surface area contributed by atoms with Gasteiger partial charge in [-0.1, -0.05) is 49.0 Å². The van der Waals surface area contributed by atoms with Crippen molar-refractivity contribution >= 4 is 17.4 Å². The first kappa shape index (κ1) is 16.8. The van der Waals surface area contributed by atoms with Crippen molar-refractivity contribution in [3.05, 3.63) is 59.9 Å². The number of nitrogens with zero attached hydrogens (tertiary/aromatic N) is 3. The first-order valence-corrected chi connectivity index (χ1v) is 9.38. The van der Waals surface area contributed by atoms with Crippen molar-refractivity contribution in [2.45, 2.75) is 24.7 Å². The Kier molecular flexibility index (Phi) is 4.71. The minimum absolute atomic E-state index is 0.314. The Hall–Kier alpha value is -2.67. The number of ether oxygens (including phenoxy) is 1. The second-order valence-corrected chi connectivity index (χ2v) is 6.90. The first-order chi connectivity index (χ1) is 12.7. The molecule has 0 bridgehead atoms. The summed E-state index contributed by atoms with van der Waals surface area (Å²) >= 11 is 1.54. The fourth-order valence-corrected chi connectivity index (χ4v) is 3.36. The van der Waals surface area contributed by atoms with E-state index < -0.39 is 6.23 Å². The van der Waals surface area contributed by atoms with Crippen molar-refractivity contribution in [1.29, 1.82) is 0 Å². The third-order valence-electron chi connectivity index (χ3n) is 3.92. The maximum atomic E-state index is 13.7. The molecule has 1 aliphatic rings. The summed E-state index contributed by atoms with van der Waals surface area (Å²) in [6.45, 7) is 2.10. The van der Waals surface area contributed by atoms with E-state index in [1.807, 2.05) is 30.3 Å². The largest absolute Gasteiger partial charge is 0.448 e. The van der Waals surface area contributed by atoms with E-state index in [1.54, 1.807) is 6.07 Å². The van der Waals surface area contributed by atoms with Crippen molar-refractivity contribution in [3.63, 3.8) is 0 Å². The second kappa shape index (κ2) is 7.29. The van der Waals surface area contributed by atoms with Gasteiger partial charge in [-0.3, -0.25) is 0 Å². The van der Waals surface area contributed by atoms with E-state index in [0.29, 0.717) is 22.3 Å². The average molecular weight is 368 g/mol. The molecule has 4 rings (SSSR count). The summed E-state index contributed by atoms with van der Waals surface area (Å²) in [6.07, 6.45) is 0.441. The van der Waals surface area contributed by atoms with Crippen LogP contribution in [0.4, 0.5) is 10.1 Å². The fraction of sp³-hybridized carbons (Fsp3) is 0.211. The Bertz CT molecular complexity index is 937. The van der Waals surface area contributed by atoms with Gasteiger partial charge in [0, 0.05) is 22.6 Å². The van der Waals surface area contributed by atoms with Crippen LogP contribution in [0.5, 0.6) is 5.88 Å². The van der Waals surface area contributed by atoms with Crippen LogP contribution in [-0.2, 0) is 0 Å². The molecule has 0 aliphatic carbocycles. The van der Waals surface area contributed by atoms with Gasteiger partial charge in [-0.25, -0.2) is 4.39 Å². The van der Waals surface area contributed by atoms with Crippen molar-refractivity contribution in [2.24, 2.45) is 0 Å². The molecule has 1 N–H and O–H groups in total. The number of benzene rings is 2. The number of halogens is 1. The third kappa shape index (κ3) is 3.35. The molecule has 0 radical (unpaired) electrons. The molecule has 0 fully saturated rings. The van der Waals surface area contributed by atoms with Crippen molar-refractivity contribution < 1.29 is 9.13 Å². The Morgan fingerprint density at radius 1 is 1.15 bits per heavy atom. The zero-order valence-electron chi connectivity index (χ0n) is 14.1. The molecule has 132 valence electrons. The van der Waals surface area contributed by atoms with Gasteiger partial charge in [0.2, 0.25) is 11.0 Å². The Morgan fingerprint density at radius 3 is 2.88 bits per heavy atom. The van der Waals surface area contributed by atoms with Crippen LogP contribution in [0.1, 0.15) is 25.1 Å². The number of hydrogen-bond acceptors (Lipinski definition) is 6. The lowest BCUT2D eigenvalue weighted by Crippen LogP contribution is -2.17. The lowest BCUT2D eigenvalue weighted by Gasteiger charge is -2.19. The van der Waals surface area contributed by atoms with Gasteiger partial charge in [-0.05, 0) is 24.6 Å². The molecule has 0 saturated carbocycles. The van der Waals surface area contributed by atoms with E-state index in [4.69, 9.17) is 4.74 Å². The van der Waals surface area contributed by atoms with Crippen molar-refractivity contribution in [2.75, 3.05) is 11.1 Å². The van der Waals surface area contributed by atoms with Gasteiger partial charge >= 0.3 is 0 Å². The zero-order chi connectivity index (χ0) is 17.9. The van der Waals surface area contributed by atoms with Gasteiger partial charge < -0.3 is 10.1 Å². The molecular weight excluding hydrogens is 351 g/mol. The van der Waals surface area contributed by atoms with Gasteiger partial charge in [-0.2, -0.15) is 4.98 Å². The third-order valence-corrected chi connectivity index (χ3v) is 4.96. The highest BCUT2D eigenvalue weighted by molar-refractivity contribution is 7.99. The normalized spacial score (nSPS) is 15.2. The summed E-state index contributed by atoms with van der Waals surface area (Å²) in [6, 6.07) is 14.1. The molecule has 2 aromatic carbocycles. The molecule has 1 aromatic heterocycles. The summed E-state index contributed by atoms with van der Waals surface area (Å²) in [4.78, 5) is 4.54. The number of rotatable bonds is 4. The number of nitrogens with one attached hydrogen (secondary N) is 1. The number of thioether (sulfide) groups is 1. The highest BCUT2D eigenvalue weighted by atomic mass is 32.2. The monoisotopic (exact) mass is 368 g/mol. The van der Waals surface area contributed by atoms with E-state index in [-0.39, 0.29) is 5.82 Å². The molecular formula is C19H17FN4OS. The van der Waals surface area contributed by atoms with Gasteiger partial charge in [0.25, 0.3) is 0 Å². The van der Waals surface area contributed by atoms with E-state index in [2.05, 4.69) is 27.4 Å². The molecule has 3 aromatic rings. The Balaban J connectivity index is 1.79. The standard InChI is InChI=1S/C19H17FN4OS/c1-2-10-26-19-22-18-16(23-24-19)14-8-3-4-9-15(14)21-17(25-18)12-6-5-7-13(20)11-12/h3-9,11,17,21H,2,10H2,1H3. The van der Waals surface area contributed by atoms with Crippen LogP contribution in [0, 0.1) is 5.82 Å². The minimum Gasteiger partial charge on any atom is -0.448 e. The molecule has 1 unspecified atom stereocenters. The summed E-state index contributed by atoms with van der Waals surface area (Å²) in [7, 11) is 0. The molecule has 26 heavy (non-hydrogen) atoms. The lowest BCUT2D eigenvalue weighted by molar-refractivity contribution is 0.225. The van der Waals surface area contributed by atoms with E-state index in [1.165, 1.54) is 23.9 Å². The molecule has 0 spiro atoms. The molecule has 7 heteroatoms. The summed E-state index contributed by atoms with van der Waals surface area (Å²) in [5, 5.41) is 12.4. The van der Waals surface area contributed by atoms with Crippen LogP contribution in [0.3, 0.4) is 0 Å². The van der Waals surface area contributed by atoms with Gasteiger partial charge in [0.05, 0.1) is 0 Å². The van der Waals surface area contributed by atoms with Crippen LogP contribution < -0.4 is 10.1 Å². The van der Waals surface area contributed by atoms with Crippen molar-refractivity contribution in [3.8, 4) is 17.1 Å². The van der Waals surface area contributed by atoms with Gasteiger partial charge in [0.15, 0.2) is 11.9 Å². The van der Waals surface area contributed by atoms with Crippen LogP contribution in [0.15, 0.2) is 53.7 Å². The van der Waals surface area contributed by atoms with Gasteiger partial charge in [-0.15, -0.1) is 10.2 Å². The topological polar surface area (TPSA) is 59.9 Å². The fourth-order valence-electron chi connectivity index (χ4n) is 2.72. The average Bonchev–Trinajstić information content (AvgIpc) is 2.83. The lowest BCUT2D eigenvalue weighted by atomic mass is 10.1. The second-order valence-electron chi connectivity index (χ2n) is 5.84. The predicted molar refractivity (Wildman–Crippen MR) is 99.7 cm³/mol. The first-order valence-electron chi connectivity index (χ1n) is 8.40. The van der Waals surface area contributed by atoms with Crippen LogP contribution in [-0.4, -0.2) is 20.9 Å². The van der Waals surface area contributed by atoms with E-state index in [0.717, 1.165) is 23.4 Å². The van der Waals surface area contributed by atoms with E-state index in [9.17, 15) is 4.39 Å². The summed E-state index contributed by atoms with van der Waals surface area (Å²) in [5.74, 6) is 0.985. The number of anilines is 1. The quantitative estimate of drug-likeness (QED) is 0.675. The predicted octanol–water partition coefficient (Wildman–Crippen LogP) is 4.68. The van der Waals surface area contributed by atoms with Crippen molar-refractivity contribution in [1.82, 2.24) is 15.2 Å². The number of para-hydroxylation sites is 1. The van der Waals surface area contributed by atoms with Crippen LogP contribution >= 0.6 is 11.8 Å². The highest BCUT2D eigenvalue weighted by Crippen LogP contribution is 2.39. The van der Waals surface area contributed by atoms with Crippen LogP contribution in [0.25, 0.3) is 11.3 Å². The number of aromatic nitrogens is 3. The number of fused-ring (bicyclic) bond motifs is 3. The Labute approximate surface area is 155 Å². The maximum Gasteiger partial charge on any atom is 0.247 e. The maximum absolute atomic E-state index is 13.7. The SMILES string of the molecule is CCCSc1nnc2c(n1)OC(c1cccc(F)c1)Nc1ccccc1-2. The molecule has 0 saturated heterocycles. The minimum atomic E-state index is -0.575. The summed E-state index contributed by atoms with van der Waals surface area (Å²) in [5.41, 5.74) is 2.95. The Morgan fingerprint density at radius 2 is 2.04 bits per heavy atom. The highest BCUT2D eigenvalue weighted by Gasteiger charge is 2.26. The smallest absolute Gasteiger partial charge is 0.247 e. The zero-order valence-corrected chi connectivity index (χ0v) is 15.0. The molecule has 1 atom stereocenters. The van der Waals surface area contributed by atoms with E-state index >= 15 is 0 Å². The van der Waals surface area contributed by atoms with Crippen LogP contribution in [0.2, 0.25) is 0 Å².